The Morgan fingerprint density at radius 1 is 1.41 bits per heavy atom. The number of carbonyl (C=O) groups excluding carboxylic acids is 1. The summed E-state index contributed by atoms with van der Waals surface area (Å²) in [6.07, 6.45) is 1.41. The number of hydrogen-bond donors (Lipinski definition) is 0. The van der Waals surface area contributed by atoms with Gasteiger partial charge in [0.15, 0.2) is 5.60 Å². The van der Waals surface area contributed by atoms with Gasteiger partial charge >= 0.3 is 5.97 Å². The van der Waals surface area contributed by atoms with E-state index in [1.54, 1.807) is 0 Å². The van der Waals surface area contributed by atoms with Crippen molar-refractivity contribution in [2.75, 3.05) is 12.9 Å². The second kappa shape index (κ2) is 6.00. The highest BCUT2D eigenvalue weighted by Crippen LogP contribution is 2.43. The molecule has 1 aliphatic rings. The molecular formula is C15H16N2O4S. The smallest absolute Gasteiger partial charge is 0.316 e. The van der Waals surface area contributed by atoms with Gasteiger partial charge in [0.2, 0.25) is 0 Å². The van der Waals surface area contributed by atoms with Crippen molar-refractivity contribution in [3.8, 4) is 5.75 Å². The van der Waals surface area contributed by atoms with Crippen LogP contribution < -0.4 is 4.74 Å². The zero-order chi connectivity index (χ0) is 15.6. The first-order valence-corrected chi connectivity index (χ1v) is 7.96. The number of rotatable bonds is 5. The molecule has 1 aliphatic heterocycles. The number of fused-ring (bicyclic) bond motifs is 1. The van der Waals surface area contributed by atoms with Crippen molar-refractivity contribution in [3.05, 3.63) is 35.7 Å². The standard InChI is InChI=1S/C15H16N2O4S/c1-3-15(8-10-6-4-5-7-11(10)21-15)13-16-17-14(20-13)22-9-12(18)19-2/h4-7H,3,8-9H2,1-2H3. The number of ether oxygens (including phenoxy) is 2. The van der Waals surface area contributed by atoms with E-state index in [1.165, 1.54) is 7.11 Å². The van der Waals surface area contributed by atoms with E-state index in [0.29, 0.717) is 24.0 Å². The van der Waals surface area contributed by atoms with Crippen LogP contribution in [0.1, 0.15) is 24.8 Å². The molecule has 0 fully saturated rings. The van der Waals surface area contributed by atoms with Crippen LogP contribution >= 0.6 is 11.8 Å². The summed E-state index contributed by atoms with van der Waals surface area (Å²) in [5.74, 6) is 1.10. The van der Waals surface area contributed by atoms with Gasteiger partial charge in [0.25, 0.3) is 11.1 Å². The molecule has 0 N–H and O–H groups in total. The minimum absolute atomic E-state index is 0.137. The SMILES string of the molecule is CCC1(c2nnc(SCC(=O)OC)o2)Cc2ccccc2O1. The fourth-order valence-corrected chi connectivity index (χ4v) is 3.00. The van der Waals surface area contributed by atoms with Gasteiger partial charge in [0.05, 0.1) is 7.11 Å². The third kappa shape index (κ3) is 2.68. The number of aromatic nitrogens is 2. The molecule has 1 unspecified atom stereocenters. The highest BCUT2D eigenvalue weighted by atomic mass is 32.2. The lowest BCUT2D eigenvalue weighted by molar-refractivity contribution is -0.137. The summed E-state index contributed by atoms with van der Waals surface area (Å²) in [5.41, 5.74) is 0.507. The summed E-state index contributed by atoms with van der Waals surface area (Å²) >= 11 is 1.16. The van der Waals surface area contributed by atoms with Crippen LogP contribution in [0.25, 0.3) is 0 Å². The summed E-state index contributed by atoms with van der Waals surface area (Å²) in [6.45, 7) is 2.03. The summed E-state index contributed by atoms with van der Waals surface area (Å²) < 4.78 is 16.4. The first-order chi connectivity index (χ1) is 10.7. The zero-order valence-corrected chi connectivity index (χ0v) is 13.2. The third-order valence-corrected chi connectivity index (χ3v) is 4.45. The summed E-state index contributed by atoms with van der Waals surface area (Å²) in [5, 5.41) is 8.44. The van der Waals surface area contributed by atoms with Gasteiger partial charge in [-0.05, 0) is 18.1 Å². The second-order valence-electron chi connectivity index (χ2n) is 4.97. The number of methoxy groups -OCH3 is 1. The molecule has 6 nitrogen and oxygen atoms in total. The predicted octanol–water partition coefficient (Wildman–Crippen LogP) is 2.58. The number of esters is 1. The Bertz CT molecular complexity index is 661. The highest BCUT2D eigenvalue weighted by Gasteiger charge is 2.44. The topological polar surface area (TPSA) is 74.5 Å². The molecule has 0 aliphatic carbocycles. The zero-order valence-electron chi connectivity index (χ0n) is 12.4. The molecule has 1 atom stereocenters. The van der Waals surface area contributed by atoms with Crippen molar-refractivity contribution in [2.24, 2.45) is 0 Å². The minimum atomic E-state index is -0.624. The second-order valence-corrected chi connectivity index (χ2v) is 5.90. The van der Waals surface area contributed by atoms with Crippen LogP contribution in [0, 0.1) is 0 Å². The number of nitrogens with zero attached hydrogens (tertiary/aromatic N) is 2. The van der Waals surface area contributed by atoms with E-state index in [4.69, 9.17) is 9.15 Å². The van der Waals surface area contributed by atoms with E-state index in [9.17, 15) is 4.79 Å². The normalized spacial score (nSPS) is 19.5. The quantitative estimate of drug-likeness (QED) is 0.619. The number of hydrogen-bond acceptors (Lipinski definition) is 7. The van der Waals surface area contributed by atoms with Gasteiger partial charge in [0.1, 0.15) is 11.5 Å². The molecule has 1 aromatic carbocycles. The minimum Gasteiger partial charge on any atom is -0.477 e. The summed E-state index contributed by atoms with van der Waals surface area (Å²) in [4.78, 5) is 11.2. The van der Waals surface area contributed by atoms with E-state index in [-0.39, 0.29) is 11.7 Å². The lowest BCUT2D eigenvalue weighted by Crippen LogP contribution is -2.30. The molecule has 7 heteroatoms. The lowest BCUT2D eigenvalue weighted by atomic mass is 9.94. The Hall–Kier alpha value is -2.02. The van der Waals surface area contributed by atoms with Crippen molar-refractivity contribution in [1.29, 1.82) is 0 Å². The Kier molecular flexibility index (Phi) is 4.06. The maximum atomic E-state index is 11.2. The van der Waals surface area contributed by atoms with Crippen LogP contribution in [0.2, 0.25) is 0 Å². The van der Waals surface area contributed by atoms with Gasteiger partial charge in [-0.1, -0.05) is 36.9 Å². The first-order valence-electron chi connectivity index (χ1n) is 6.97. The maximum absolute atomic E-state index is 11.2. The van der Waals surface area contributed by atoms with Gasteiger partial charge in [-0.25, -0.2) is 0 Å². The van der Waals surface area contributed by atoms with E-state index < -0.39 is 5.60 Å². The molecule has 2 heterocycles. The number of thioether (sulfide) groups is 1. The summed E-state index contributed by atoms with van der Waals surface area (Å²) in [6, 6.07) is 7.90. The van der Waals surface area contributed by atoms with Crippen molar-refractivity contribution < 1.29 is 18.7 Å². The van der Waals surface area contributed by atoms with Crippen molar-refractivity contribution in [1.82, 2.24) is 10.2 Å². The van der Waals surface area contributed by atoms with Crippen LogP contribution in [0.15, 0.2) is 33.9 Å². The Balaban J connectivity index is 1.78. The number of benzene rings is 1. The van der Waals surface area contributed by atoms with Gasteiger partial charge < -0.3 is 13.9 Å². The van der Waals surface area contributed by atoms with Gasteiger partial charge in [0, 0.05) is 6.42 Å². The average molecular weight is 320 g/mol. The molecule has 2 aromatic rings. The van der Waals surface area contributed by atoms with Crippen molar-refractivity contribution in [2.45, 2.75) is 30.6 Å². The predicted molar refractivity (Wildman–Crippen MR) is 79.8 cm³/mol. The Morgan fingerprint density at radius 3 is 2.95 bits per heavy atom. The molecular weight excluding hydrogens is 304 g/mol. The molecule has 0 saturated heterocycles. The van der Waals surface area contributed by atoms with E-state index in [0.717, 1.165) is 23.1 Å². The van der Waals surface area contributed by atoms with E-state index >= 15 is 0 Å². The van der Waals surface area contributed by atoms with Gasteiger partial charge in [-0.15, -0.1) is 10.2 Å². The largest absolute Gasteiger partial charge is 0.477 e. The molecule has 3 rings (SSSR count). The maximum Gasteiger partial charge on any atom is 0.316 e. The molecule has 0 radical (unpaired) electrons. The fraction of sp³-hybridized carbons (Fsp3) is 0.400. The summed E-state index contributed by atoms with van der Waals surface area (Å²) in [7, 11) is 1.35. The molecule has 0 spiro atoms. The molecule has 0 saturated carbocycles. The molecule has 0 bridgehead atoms. The van der Waals surface area contributed by atoms with Crippen LogP contribution in [0.4, 0.5) is 0 Å². The molecule has 116 valence electrons. The number of para-hydroxylation sites is 1. The Labute approximate surface area is 132 Å². The van der Waals surface area contributed by atoms with Crippen LogP contribution in [0.3, 0.4) is 0 Å². The first kappa shape index (κ1) is 14.9. The Morgan fingerprint density at radius 2 is 2.23 bits per heavy atom. The average Bonchev–Trinajstić information content (AvgIpc) is 3.17. The number of carbonyl (C=O) groups is 1. The van der Waals surface area contributed by atoms with Crippen LogP contribution in [-0.2, 0) is 21.6 Å². The fourth-order valence-electron chi connectivity index (χ4n) is 2.40. The third-order valence-electron chi connectivity index (χ3n) is 3.66. The van der Waals surface area contributed by atoms with Gasteiger partial charge in [-0.2, -0.15) is 0 Å². The molecule has 1 aromatic heterocycles. The van der Waals surface area contributed by atoms with E-state index in [2.05, 4.69) is 14.9 Å². The van der Waals surface area contributed by atoms with Crippen molar-refractivity contribution in [3.63, 3.8) is 0 Å². The van der Waals surface area contributed by atoms with Crippen LogP contribution in [-0.4, -0.2) is 29.0 Å². The van der Waals surface area contributed by atoms with Crippen LogP contribution in [0.5, 0.6) is 5.75 Å². The molecule has 22 heavy (non-hydrogen) atoms. The highest BCUT2D eigenvalue weighted by molar-refractivity contribution is 7.99. The van der Waals surface area contributed by atoms with Gasteiger partial charge in [-0.3, -0.25) is 4.79 Å². The van der Waals surface area contributed by atoms with Crippen molar-refractivity contribution >= 4 is 17.7 Å². The molecule has 0 amide bonds. The van der Waals surface area contributed by atoms with E-state index in [1.807, 2.05) is 31.2 Å². The monoisotopic (exact) mass is 320 g/mol. The lowest BCUT2D eigenvalue weighted by Gasteiger charge is -2.22.